The van der Waals surface area contributed by atoms with Crippen LogP contribution in [0.25, 0.3) is 0 Å². The number of nitrogens with two attached hydrogens (primary N) is 1. The molecular weight excluding hydrogens is 226 g/mol. The van der Waals surface area contributed by atoms with Crippen molar-refractivity contribution in [3.05, 3.63) is 0 Å². The van der Waals surface area contributed by atoms with Crippen molar-refractivity contribution in [3.63, 3.8) is 0 Å². The summed E-state index contributed by atoms with van der Waals surface area (Å²) in [7, 11) is 1.88. The van der Waals surface area contributed by atoms with Gasteiger partial charge in [0.05, 0.1) is 6.54 Å². The van der Waals surface area contributed by atoms with Crippen LogP contribution in [0.15, 0.2) is 0 Å². The second-order valence-corrected chi connectivity index (χ2v) is 5.63. The number of hydrogen-bond donors (Lipinski definition) is 1. The summed E-state index contributed by atoms with van der Waals surface area (Å²) < 4.78 is 0. The quantitative estimate of drug-likeness (QED) is 0.746. The van der Waals surface area contributed by atoms with Gasteiger partial charge in [-0.25, -0.2) is 0 Å². The van der Waals surface area contributed by atoms with Crippen LogP contribution in [0.1, 0.15) is 39.5 Å². The van der Waals surface area contributed by atoms with E-state index < -0.39 is 0 Å². The van der Waals surface area contributed by atoms with Crippen LogP contribution in [-0.2, 0) is 4.79 Å². The van der Waals surface area contributed by atoms with Crippen molar-refractivity contribution >= 4 is 5.91 Å². The van der Waals surface area contributed by atoms with Crippen LogP contribution < -0.4 is 5.73 Å². The second-order valence-electron chi connectivity index (χ2n) is 5.63. The molecule has 0 spiro atoms. The van der Waals surface area contributed by atoms with E-state index in [0.717, 1.165) is 26.1 Å². The van der Waals surface area contributed by atoms with E-state index in [-0.39, 0.29) is 5.91 Å². The van der Waals surface area contributed by atoms with E-state index in [0.29, 0.717) is 18.5 Å². The molecule has 4 heteroatoms. The van der Waals surface area contributed by atoms with E-state index in [1.807, 2.05) is 11.9 Å². The Hall–Kier alpha value is -0.610. The van der Waals surface area contributed by atoms with E-state index in [1.54, 1.807) is 0 Å². The lowest BCUT2D eigenvalue weighted by Crippen LogP contribution is -2.39. The first-order chi connectivity index (χ1) is 8.56. The molecular formula is C14H29N3O. The zero-order valence-corrected chi connectivity index (χ0v) is 12.2. The molecule has 4 nitrogen and oxygen atoms in total. The first-order valence-electron chi connectivity index (χ1n) is 7.23. The molecule has 0 radical (unpaired) electrons. The molecule has 1 aliphatic rings. The fourth-order valence-electron chi connectivity index (χ4n) is 2.76. The molecule has 0 aromatic carbocycles. The van der Waals surface area contributed by atoms with Crippen LogP contribution in [0.2, 0.25) is 0 Å². The summed E-state index contributed by atoms with van der Waals surface area (Å²) >= 11 is 0. The maximum atomic E-state index is 12.0. The highest BCUT2D eigenvalue weighted by molar-refractivity contribution is 5.78. The summed E-state index contributed by atoms with van der Waals surface area (Å²) in [5.74, 6) is 0.228. The highest BCUT2D eigenvalue weighted by Gasteiger charge is 2.35. The first-order valence-corrected chi connectivity index (χ1v) is 7.23. The molecule has 18 heavy (non-hydrogen) atoms. The van der Waals surface area contributed by atoms with Crippen LogP contribution in [0.4, 0.5) is 0 Å². The van der Waals surface area contributed by atoms with Crippen molar-refractivity contribution in [3.8, 4) is 0 Å². The Kier molecular flexibility index (Phi) is 6.09. The highest BCUT2D eigenvalue weighted by atomic mass is 16.2. The molecule has 106 valence electrons. The highest BCUT2D eigenvalue weighted by Crippen LogP contribution is 2.36. The van der Waals surface area contributed by atoms with Gasteiger partial charge in [0.2, 0.25) is 5.91 Å². The molecule has 1 rings (SSSR count). The van der Waals surface area contributed by atoms with Crippen molar-refractivity contribution in [2.24, 2.45) is 11.1 Å². The number of rotatable bonds is 7. The molecule has 0 aromatic heterocycles. The molecule has 0 unspecified atom stereocenters. The summed E-state index contributed by atoms with van der Waals surface area (Å²) in [5.41, 5.74) is 5.92. The molecule has 2 N–H and O–H groups in total. The number of nitrogens with zero attached hydrogens (tertiary/aromatic N) is 2. The van der Waals surface area contributed by atoms with E-state index in [9.17, 15) is 4.79 Å². The van der Waals surface area contributed by atoms with Crippen molar-refractivity contribution in [2.45, 2.75) is 39.5 Å². The standard InChI is InChI=1S/C14H29N3O/c1-4-14(5-2)7-10-17(12-14)11-13(18)16(3)9-6-8-15/h4-12,15H2,1-3H3. The Morgan fingerprint density at radius 1 is 1.39 bits per heavy atom. The zero-order chi connectivity index (χ0) is 13.6. The third kappa shape index (κ3) is 3.95. The Balaban J connectivity index is 2.38. The zero-order valence-electron chi connectivity index (χ0n) is 12.2. The lowest BCUT2D eigenvalue weighted by atomic mass is 9.82. The van der Waals surface area contributed by atoms with Crippen LogP contribution in [0.5, 0.6) is 0 Å². The average molecular weight is 255 g/mol. The maximum Gasteiger partial charge on any atom is 0.236 e. The molecule has 0 saturated carbocycles. The van der Waals surface area contributed by atoms with Gasteiger partial charge in [0.1, 0.15) is 0 Å². The summed E-state index contributed by atoms with van der Waals surface area (Å²) in [6.45, 7) is 8.67. The molecule has 0 bridgehead atoms. The van der Waals surface area contributed by atoms with Gasteiger partial charge in [-0.15, -0.1) is 0 Å². The van der Waals surface area contributed by atoms with Gasteiger partial charge < -0.3 is 10.6 Å². The van der Waals surface area contributed by atoms with Gasteiger partial charge in [-0.2, -0.15) is 0 Å². The smallest absolute Gasteiger partial charge is 0.236 e. The molecule has 1 fully saturated rings. The van der Waals surface area contributed by atoms with E-state index >= 15 is 0 Å². The number of amides is 1. The van der Waals surface area contributed by atoms with Crippen molar-refractivity contribution in [1.29, 1.82) is 0 Å². The van der Waals surface area contributed by atoms with Crippen molar-refractivity contribution < 1.29 is 4.79 Å². The average Bonchev–Trinajstić information content (AvgIpc) is 2.79. The molecule has 1 aliphatic heterocycles. The monoisotopic (exact) mass is 255 g/mol. The number of carbonyl (C=O) groups is 1. The van der Waals surface area contributed by atoms with Gasteiger partial charge in [0.25, 0.3) is 0 Å². The summed E-state index contributed by atoms with van der Waals surface area (Å²) in [6, 6.07) is 0. The summed E-state index contributed by atoms with van der Waals surface area (Å²) in [4.78, 5) is 16.2. The van der Waals surface area contributed by atoms with E-state index in [1.165, 1.54) is 19.3 Å². The summed E-state index contributed by atoms with van der Waals surface area (Å²) in [5, 5.41) is 0. The van der Waals surface area contributed by atoms with Crippen molar-refractivity contribution in [2.75, 3.05) is 39.8 Å². The first kappa shape index (κ1) is 15.4. The predicted octanol–water partition coefficient (Wildman–Crippen LogP) is 1.31. The molecule has 0 atom stereocenters. The molecule has 0 aliphatic carbocycles. The Morgan fingerprint density at radius 3 is 2.56 bits per heavy atom. The number of hydrogen-bond acceptors (Lipinski definition) is 3. The minimum atomic E-state index is 0.228. The van der Waals surface area contributed by atoms with Gasteiger partial charge in [0.15, 0.2) is 0 Å². The Labute approximate surface area is 111 Å². The van der Waals surface area contributed by atoms with Gasteiger partial charge in [-0.05, 0) is 44.2 Å². The van der Waals surface area contributed by atoms with Crippen LogP contribution in [-0.4, -0.2) is 55.5 Å². The number of likely N-dealkylation sites (tertiary alicyclic amines) is 1. The molecule has 1 saturated heterocycles. The largest absolute Gasteiger partial charge is 0.345 e. The van der Waals surface area contributed by atoms with Gasteiger partial charge in [-0.1, -0.05) is 13.8 Å². The molecule has 0 aromatic rings. The SMILES string of the molecule is CCC1(CC)CCN(CC(=O)N(C)CCCN)C1. The topological polar surface area (TPSA) is 49.6 Å². The van der Waals surface area contributed by atoms with Crippen LogP contribution >= 0.6 is 0 Å². The van der Waals surface area contributed by atoms with Gasteiger partial charge >= 0.3 is 0 Å². The Morgan fingerprint density at radius 2 is 2.06 bits per heavy atom. The fourth-order valence-corrected chi connectivity index (χ4v) is 2.76. The summed E-state index contributed by atoms with van der Waals surface area (Å²) in [6.07, 6.45) is 4.56. The third-order valence-corrected chi connectivity index (χ3v) is 4.50. The van der Waals surface area contributed by atoms with Crippen LogP contribution in [0, 0.1) is 5.41 Å². The van der Waals surface area contributed by atoms with E-state index in [2.05, 4.69) is 18.7 Å². The fraction of sp³-hybridized carbons (Fsp3) is 0.929. The van der Waals surface area contributed by atoms with E-state index in [4.69, 9.17) is 5.73 Å². The minimum Gasteiger partial charge on any atom is -0.345 e. The maximum absolute atomic E-state index is 12.0. The second kappa shape index (κ2) is 7.10. The predicted molar refractivity (Wildman–Crippen MR) is 75.4 cm³/mol. The van der Waals surface area contributed by atoms with Gasteiger partial charge in [-0.3, -0.25) is 9.69 Å². The Bertz CT molecular complexity index is 264. The molecule has 1 amide bonds. The van der Waals surface area contributed by atoms with Gasteiger partial charge in [0, 0.05) is 20.1 Å². The minimum absolute atomic E-state index is 0.228. The lowest BCUT2D eigenvalue weighted by Gasteiger charge is -2.27. The third-order valence-electron chi connectivity index (χ3n) is 4.50. The lowest BCUT2D eigenvalue weighted by molar-refractivity contribution is -0.131. The number of carbonyl (C=O) groups excluding carboxylic acids is 1. The van der Waals surface area contributed by atoms with Crippen molar-refractivity contribution in [1.82, 2.24) is 9.80 Å². The number of likely N-dealkylation sites (N-methyl/N-ethyl adjacent to an activating group) is 1. The molecule has 1 heterocycles. The van der Waals surface area contributed by atoms with Crippen LogP contribution in [0.3, 0.4) is 0 Å². The normalized spacial score (nSPS) is 19.1.